The van der Waals surface area contributed by atoms with Gasteiger partial charge in [-0.05, 0) is 30.2 Å². The van der Waals surface area contributed by atoms with E-state index in [0.29, 0.717) is 18.9 Å². The van der Waals surface area contributed by atoms with Gasteiger partial charge in [-0.1, -0.05) is 18.9 Å². The first-order valence-corrected chi connectivity index (χ1v) is 9.92. The van der Waals surface area contributed by atoms with Crippen LogP contribution in [0.15, 0.2) is 17.5 Å². The van der Waals surface area contributed by atoms with Crippen LogP contribution >= 0.6 is 11.3 Å². The molecule has 1 aliphatic heterocycles. The van der Waals surface area contributed by atoms with Crippen LogP contribution in [-0.4, -0.2) is 60.9 Å². The molecule has 1 aromatic rings. The molecule has 2 heterocycles. The maximum absolute atomic E-state index is 12.3. The molecule has 24 heavy (non-hydrogen) atoms. The highest BCUT2D eigenvalue weighted by Crippen LogP contribution is 2.27. The number of carbonyl (C=O) groups excluding carboxylic acids is 2. The molecule has 2 aliphatic rings. The fraction of sp³-hybridized carbons (Fsp3) is 0.667. The lowest BCUT2D eigenvalue weighted by molar-refractivity contribution is -0.122. The van der Waals surface area contributed by atoms with Gasteiger partial charge in [0.05, 0.1) is 4.88 Å². The molecule has 0 atom stereocenters. The van der Waals surface area contributed by atoms with E-state index in [0.717, 1.165) is 37.6 Å². The third-order valence-corrected chi connectivity index (χ3v) is 5.95. The van der Waals surface area contributed by atoms with Crippen molar-refractivity contribution in [3.8, 4) is 0 Å². The zero-order valence-electron chi connectivity index (χ0n) is 14.2. The lowest BCUT2D eigenvalue weighted by Gasteiger charge is -2.34. The molecule has 0 aromatic carbocycles. The summed E-state index contributed by atoms with van der Waals surface area (Å²) in [5.41, 5.74) is 0. The fourth-order valence-electron chi connectivity index (χ4n) is 3.63. The van der Waals surface area contributed by atoms with Gasteiger partial charge < -0.3 is 10.2 Å². The molecule has 3 rings (SSSR count). The van der Waals surface area contributed by atoms with E-state index < -0.39 is 0 Å². The third kappa shape index (κ3) is 4.80. The summed E-state index contributed by atoms with van der Waals surface area (Å²) >= 11 is 1.50. The number of piperazine rings is 1. The van der Waals surface area contributed by atoms with E-state index in [9.17, 15) is 9.59 Å². The van der Waals surface area contributed by atoms with E-state index >= 15 is 0 Å². The second kappa shape index (κ2) is 8.62. The SMILES string of the molecule is O=C(CC1CCCC1)NCCN1CCN(C(=O)c2cccs2)CC1. The largest absolute Gasteiger partial charge is 0.355 e. The number of hydrogen-bond donors (Lipinski definition) is 1. The summed E-state index contributed by atoms with van der Waals surface area (Å²) in [4.78, 5) is 29.3. The van der Waals surface area contributed by atoms with Crippen LogP contribution in [0.1, 0.15) is 41.8 Å². The van der Waals surface area contributed by atoms with Crippen molar-refractivity contribution >= 4 is 23.2 Å². The van der Waals surface area contributed by atoms with Gasteiger partial charge in [-0.2, -0.15) is 0 Å². The molecule has 0 radical (unpaired) electrons. The fourth-order valence-corrected chi connectivity index (χ4v) is 4.32. The van der Waals surface area contributed by atoms with E-state index in [1.807, 2.05) is 22.4 Å². The van der Waals surface area contributed by atoms with Crippen LogP contribution in [0.3, 0.4) is 0 Å². The van der Waals surface area contributed by atoms with Crippen molar-refractivity contribution in [3.05, 3.63) is 22.4 Å². The van der Waals surface area contributed by atoms with E-state index in [1.54, 1.807) is 0 Å². The maximum atomic E-state index is 12.3. The van der Waals surface area contributed by atoms with Gasteiger partial charge in [0.2, 0.25) is 5.91 Å². The standard InChI is InChI=1S/C18H27N3O2S/c22-17(14-15-4-1-2-5-15)19-7-8-20-9-11-21(12-10-20)18(23)16-6-3-13-24-16/h3,6,13,15H,1-2,4-5,7-12,14H2,(H,19,22). The molecular formula is C18H27N3O2S. The van der Waals surface area contributed by atoms with Crippen LogP contribution in [0.4, 0.5) is 0 Å². The lowest BCUT2D eigenvalue weighted by atomic mass is 10.0. The summed E-state index contributed by atoms with van der Waals surface area (Å²) in [5.74, 6) is 0.958. The van der Waals surface area contributed by atoms with Gasteiger partial charge in [-0.25, -0.2) is 0 Å². The van der Waals surface area contributed by atoms with Gasteiger partial charge in [0.15, 0.2) is 0 Å². The van der Waals surface area contributed by atoms with Crippen LogP contribution in [0.25, 0.3) is 0 Å². The van der Waals surface area contributed by atoms with Gasteiger partial charge in [0.1, 0.15) is 0 Å². The number of hydrogen-bond acceptors (Lipinski definition) is 4. The van der Waals surface area contributed by atoms with Crippen LogP contribution in [0.5, 0.6) is 0 Å². The Morgan fingerprint density at radius 1 is 1.17 bits per heavy atom. The number of carbonyl (C=O) groups is 2. The highest BCUT2D eigenvalue weighted by Gasteiger charge is 2.23. The van der Waals surface area contributed by atoms with Crippen LogP contribution < -0.4 is 5.32 Å². The Labute approximate surface area is 148 Å². The molecule has 1 saturated heterocycles. The molecule has 5 nitrogen and oxygen atoms in total. The summed E-state index contributed by atoms with van der Waals surface area (Å²) in [6, 6.07) is 3.81. The van der Waals surface area contributed by atoms with Crippen molar-refractivity contribution in [2.24, 2.45) is 5.92 Å². The molecule has 6 heteroatoms. The first-order chi connectivity index (χ1) is 11.7. The Balaban J connectivity index is 1.31. The summed E-state index contributed by atoms with van der Waals surface area (Å²) in [6.45, 7) is 4.90. The van der Waals surface area contributed by atoms with Gasteiger partial charge in [0, 0.05) is 45.7 Å². The van der Waals surface area contributed by atoms with Gasteiger partial charge in [-0.15, -0.1) is 11.3 Å². The molecule has 0 unspecified atom stereocenters. The minimum atomic E-state index is 0.148. The molecule has 0 bridgehead atoms. The van der Waals surface area contributed by atoms with Crippen LogP contribution in [0.2, 0.25) is 0 Å². The lowest BCUT2D eigenvalue weighted by Crippen LogP contribution is -2.50. The van der Waals surface area contributed by atoms with E-state index in [-0.39, 0.29) is 11.8 Å². The van der Waals surface area contributed by atoms with E-state index in [1.165, 1.54) is 37.0 Å². The Bertz CT molecular complexity index is 532. The summed E-state index contributed by atoms with van der Waals surface area (Å²) in [7, 11) is 0. The first-order valence-electron chi connectivity index (χ1n) is 9.04. The summed E-state index contributed by atoms with van der Waals surface area (Å²) < 4.78 is 0. The number of nitrogens with zero attached hydrogens (tertiary/aromatic N) is 2. The normalized spacial score (nSPS) is 19.6. The molecule has 1 aromatic heterocycles. The predicted molar refractivity (Wildman–Crippen MR) is 96.2 cm³/mol. The average Bonchev–Trinajstić information content (AvgIpc) is 3.28. The zero-order chi connectivity index (χ0) is 16.8. The van der Waals surface area contributed by atoms with Gasteiger partial charge in [0.25, 0.3) is 5.91 Å². The Kier molecular flexibility index (Phi) is 6.26. The van der Waals surface area contributed by atoms with Crippen molar-refractivity contribution in [1.82, 2.24) is 15.1 Å². The molecular weight excluding hydrogens is 322 g/mol. The minimum absolute atomic E-state index is 0.148. The Hall–Kier alpha value is -1.40. The monoisotopic (exact) mass is 349 g/mol. The average molecular weight is 350 g/mol. The highest BCUT2D eigenvalue weighted by atomic mass is 32.1. The summed E-state index contributed by atoms with van der Waals surface area (Å²) in [5, 5.41) is 5.00. The maximum Gasteiger partial charge on any atom is 0.264 e. The molecule has 0 spiro atoms. The van der Waals surface area contributed by atoms with Crippen molar-refractivity contribution < 1.29 is 9.59 Å². The second-order valence-electron chi connectivity index (χ2n) is 6.82. The first kappa shape index (κ1) is 17.4. The molecule has 2 fully saturated rings. The smallest absolute Gasteiger partial charge is 0.264 e. The Morgan fingerprint density at radius 3 is 2.58 bits per heavy atom. The highest BCUT2D eigenvalue weighted by molar-refractivity contribution is 7.12. The topological polar surface area (TPSA) is 52.7 Å². The molecule has 132 valence electrons. The molecule has 1 saturated carbocycles. The van der Waals surface area contributed by atoms with E-state index in [2.05, 4.69) is 10.2 Å². The second-order valence-corrected chi connectivity index (χ2v) is 7.76. The number of amides is 2. The number of rotatable bonds is 6. The third-order valence-electron chi connectivity index (χ3n) is 5.09. The zero-order valence-corrected chi connectivity index (χ0v) is 15.0. The van der Waals surface area contributed by atoms with Crippen LogP contribution in [-0.2, 0) is 4.79 Å². The van der Waals surface area contributed by atoms with Crippen molar-refractivity contribution in [3.63, 3.8) is 0 Å². The summed E-state index contributed by atoms with van der Waals surface area (Å²) in [6.07, 6.45) is 5.70. The van der Waals surface area contributed by atoms with Crippen LogP contribution in [0, 0.1) is 5.92 Å². The number of nitrogens with one attached hydrogen (secondary N) is 1. The van der Waals surface area contributed by atoms with E-state index in [4.69, 9.17) is 0 Å². The predicted octanol–water partition coefficient (Wildman–Crippen LogP) is 2.20. The quantitative estimate of drug-likeness (QED) is 0.857. The Morgan fingerprint density at radius 2 is 1.92 bits per heavy atom. The molecule has 1 aliphatic carbocycles. The molecule has 1 N–H and O–H groups in total. The molecule has 2 amide bonds. The minimum Gasteiger partial charge on any atom is -0.355 e. The van der Waals surface area contributed by atoms with Crippen molar-refractivity contribution in [2.75, 3.05) is 39.3 Å². The number of thiophene rings is 1. The van der Waals surface area contributed by atoms with Gasteiger partial charge in [-0.3, -0.25) is 14.5 Å². The van der Waals surface area contributed by atoms with Gasteiger partial charge >= 0.3 is 0 Å². The van der Waals surface area contributed by atoms with Crippen molar-refractivity contribution in [1.29, 1.82) is 0 Å². The van der Waals surface area contributed by atoms with Crippen molar-refractivity contribution in [2.45, 2.75) is 32.1 Å².